The van der Waals surface area contributed by atoms with Crippen molar-refractivity contribution in [2.45, 2.75) is 0 Å². The molecule has 0 aliphatic heterocycles. The highest BCUT2D eigenvalue weighted by molar-refractivity contribution is 6.26. The molecule has 0 nitrogen and oxygen atoms in total. The van der Waals surface area contributed by atoms with Crippen molar-refractivity contribution in [3.63, 3.8) is 0 Å². The lowest BCUT2D eigenvalue weighted by Crippen LogP contribution is -1.93. The van der Waals surface area contributed by atoms with Crippen LogP contribution < -0.4 is 0 Å². The molecule has 0 bridgehead atoms. The average molecular weight is 809 g/mol. The molecule has 0 unspecified atom stereocenters. The Kier molecular flexibility index (Phi) is 8.32. The van der Waals surface area contributed by atoms with Crippen LogP contribution in [0.1, 0.15) is 0 Å². The van der Waals surface area contributed by atoms with Gasteiger partial charge in [0.25, 0.3) is 0 Å². The van der Waals surface area contributed by atoms with Gasteiger partial charge in [-0.15, -0.1) is 0 Å². The van der Waals surface area contributed by atoms with Gasteiger partial charge in [0.2, 0.25) is 0 Å². The first-order valence-corrected chi connectivity index (χ1v) is 22.2. The van der Waals surface area contributed by atoms with E-state index in [-0.39, 0.29) is 0 Å². The molecule has 64 heavy (non-hydrogen) atoms. The van der Waals surface area contributed by atoms with Gasteiger partial charge in [-0.3, -0.25) is 0 Å². The van der Waals surface area contributed by atoms with E-state index in [2.05, 4.69) is 243 Å². The van der Waals surface area contributed by atoms with E-state index in [0.29, 0.717) is 0 Å². The molecule has 13 rings (SSSR count). The fraction of sp³-hybridized carbons (Fsp3) is 0. The second kappa shape index (κ2) is 14.7. The fourth-order valence-corrected chi connectivity index (χ4v) is 10.6. The SMILES string of the molecule is c1ccc(-c2cc(-c3ccccc3)cc(-c3cc(-c4c5ccccc5c(-c5ccc6ccccc6c5)c5ccccc45)cc(-c4ccc5ccc6cccc7ccc4c5c67)c3)c2)cc1. The monoisotopic (exact) mass is 808 g/mol. The maximum absolute atomic E-state index is 2.46. The topological polar surface area (TPSA) is 0 Å². The van der Waals surface area contributed by atoms with Gasteiger partial charge in [0, 0.05) is 0 Å². The van der Waals surface area contributed by atoms with Crippen molar-refractivity contribution in [2.24, 2.45) is 0 Å². The van der Waals surface area contributed by atoms with Crippen molar-refractivity contribution in [3.8, 4) is 66.8 Å². The first kappa shape index (κ1) is 36.3. The van der Waals surface area contributed by atoms with Crippen LogP contribution in [0.3, 0.4) is 0 Å². The summed E-state index contributed by atoms with van der Waals surface area (Å²) in [4.78, 5) is 0. The van der Waals surface area contributed by atoms with Crippen molar-refractivity contribution in [3.05, 3.63) is 243 Å². The number of fused-ring (bicyclic) bond motifs is 3. The predicted octanol–water partition coefficient (Wildman–Crippen LogP) is 18.0. The molecule has 0 amide bonds. The Morgan fingerprint density at radius 2 is 0.578 bits per heavy atom. The minimum absolute atomic E-state index is 1.18. The maximum atomic E-state index is 2.46. The fourth-order valence-electron chi connectivity index (χ4n) is 10.6. The normalized spacial score (nSPS) is 11.8. The summed E-state index contributed by atoms with van der Waals surface area (Å²) in [5, 5.41) is 15.2. The lowest BCUT2D eigenvalue weighted by atomic mass is 9.83. The minimum Gasteiger partial charge on any atom is -0.0622 e. The summed E-state index contributed by atoms with van der Waals surface area (Å²) in [5.74, 6) is 0. The molecule has 0 atom stereocenters. The van der Waals surface area contributed by atoms with Crippen LogP contribution >= 0.6 is 0 Å². The third-order valence-corrected chi connectivity index (χ3v) is 13.5. The molecule has 0 aromatic heterocycles. The third kappa shape index (κ3) is 5.92. The van der Waals surface area contributed by atoms with Crippen molar-refractivity contribution >= 4 is 64.6 Å². The summed E-state index contributed by atoms with van der Waals surface area (Å²) in [5.41, 5.74) is 14.5. The summed E-state index contributed by atoms with van der Waals surface area (Å²) >= 11 is 0. The molecule has 0 radical (unpaired) electrons. The highest BCUT2D eigenvalue weighted by Crippen LogP contribution is 2.47. The van der Waals surface area contributed by atoms with Crippen molar-refractivity contribution < 1.29 is 0 Å². The standard InChI is InChI=1S/C64H40/c1-3-14-41(15-4-1)49-35-50(42-16-5-2-6-17-42)37-51(36-49)52-38-53(55-32-30-46-28-27-44-20-13-21-45-31-33-60(55)64(46)61(44)45)40-54(39-52)63-58-24-11-9-22-56(58)62(57-23-10-12-25-59(57)63)48-29-26-43-18-7-8-19-47(43)34-48/h1-40H. The van der Waals surface area contributed by atoms with Crippen molar-refractivity contribution in [2.75, 3.05) is 0 Å². The molecule has 0 N–H and O–H groups in total. The Hall–Kier alpha value is -8.32. The molecule has 0 spiro atoms. The molecule has 0 saturated heterocycles. The molecule has 0 heterocycles. The summed E-state index contributed by atoms with van der Waals surface area (Å²) in [6.07, 6.45) is 0. The largest absolute Gasteiger partial charge is 0.0622 e. The van der Waals surface area contributed by atoms with Gasteiger partial charge in [0.05, 0.1) is 0 Å². The first-order chi connectivity index (χ1) is 31.7. The van der Waals surface area contributed by atoms with Crippen LogP contribution in [0, 0.1) is 0 Å². The van der Waals surface area contributed by atoms with Crippen molar-refractivity contribution in [1.29, 1.82) is 0 Å². The Labute approximate surface area is 372 Å². The Balaban J connectivity index is 1.13. The molecule has 296 valence electrons. The Morgan fingerprint density at radius 3 is 1.19 bits per heavy atom. The number of benzene rings is 13. The molecule has 0 aliphatic carbocycles. The smallest absolute Gasteiger partial charge is 0.00206 e. The van der Waals surface area contributed by atoms with Gasteiger partial charge in [-0.2, -0.15) is 0 Å². The van der Waals surface area contributed by atoms with E-state index >= 15 is 0 Å². The zero-order valence-corrected chi connectivity index (χ0v) is 35.1. The van der Waals surface area contributed by atoms with Crippen LogP contribution in [0.25, 0.3) is 131 Å². The van der Waals surface area contributed by atoms with Gasteiger partial charge in [-0.1, -0.05) is 200 Å². The van der Waals surface area contributed by atoms with E-state index in [1.165, 1.54) is 131 Å². The third-order valence-electron chi connectivity index (χ3n) is 13.5. The average Bonchev–Trinajstić information content (AvgIpc) is 3.37. The van der Waals surface area contributed by atoms with Crippen LogP contribution in [-0.4, -0.2) is 0 Å². The van der Waals surface area contributed by atoms with E-state index in [1.807, 2.05) is 0 Å². The lowest BCUT2D eigenvalue weighted by Gasteiger charge is -2.20. The molecular formula is C64H40. The quantitative estimate of drug-likeness (QED) is 0.116. The highest BCUT2D eigenvalue weighted by atomic mass is 14.2. The van der Waals surface area contributed by atoms with Gasteiger partial charge in [0.15, 0.2) is 0 Å². The molecular weight excluding hydrogens is 769 g/mol. The Bertz CT molecular complexity index is 3800. The lowest BCUT2D eigenvalue weighted by molar-refractivity contribution is 1.56. The van der Waals surface area contributed by atoms with Gasteiger partial charge in [0.1, 0.15) is 0 Å². The van der Waals surface area contributed by atoms with E-state index in [0.717, 1.165) is 0 Å². The summed E-state index contributed by atoms with van der Waals surface area (Å²) in [7, 11) is 0. The van der Waals surface area contributed by atoms with E-state index in [9.17, 15) is 0 Å². The number of hydrogen-bond acceptors (Lipinski definition) is 0. The first-order valence-electron chi connectivity index (χ1n) is 22.2. The second-order valence-corrected chi connectivity index (χ2v) is 17.2. The zero-order valence-electron chi connectivity index (χ0n) is 35.1. The van der Waals surface area contributed by atoms with Gasteiger partial charge in [-0.25, -0.2) is 0 Å². The molecule has 0 fully saturated rings. The van der Waals surface area contributed by atoms with E-state index in [4.69, 9.17) is 0 Å². The van der Waals surface area contributed by atoms with Gasteiger partial charge in [-0.05, 0) is 174 Å². The zero-order chi connectivity index (χ0) is 42.1. The van der Waals surface area contributed by atoms with Crippen LogP contribution in [-0.2, 0) is 0 Å². The summed E-state index contributed by atoms with van der Waals surface area (Å²) in [6, 6.07) is 90.2. The summed E-state index contributed by atoms with van der Waals surface area (Å²) in [6.45, 7) is 0. The molecule has 13 aromatic carbocycles. The van der Waals surface area contributed by atoms with Crippen LogP contribution in [0.4, 0.5) is 0 Å². The van der Waals surface area contributed by atoms with Crippen LogP contribution in [0.5, 0.6) is 0 Å². The summed E-state index contributed by atoms with van der Waals surface area (Å²) < 4.78 is 0. The Morgan fingerprint density at radius 1 is 0.172 bits per heavy atom. The molecule has 0 heteroatoms. The molecule has 0 saturated carbocycles. The van der Waals surface area contributed by atoms with E-state index < -0.39 is 0 Å². The highest BCUT2D eigenvalue weighted by Gasteiger charge is 2.20. The van der Waals surface area contributed by atoms with Crippen LogP contribution in [0.15, 0.2) is 243 Å². The molecule has 0 aliphatic rings. The van der Waals surface area contributed by atoms with Crippen LogP contribution in [0.2, 0.25) is 0 Å². The molecule has 13 aromatic rings. The van der Waals surface area contributed by atoms with Crippen molar-refractivity contribution in [1.82, 2.24) is 0 Å². The number of rotatable bonds is 6. The van der Waals surface area contributed by atoms with Gasteiger partial charge >= 0.3 is 0 Å². The number of hydrogen-bond donors (Lipinski definition) is 0. The second-order valence-electron chi connectivity index (χ2n) is 17.2. The van der Waals surface area contributed by atoms with Gasteiger partial charge < -0.3 is 0 Å². The predicted molar refractivity (Wildman–Crippen MR) is 275 cm³/mol. The minimum atomic E-state index is 1.18. The maximum Gasteiger partial charge on any atom is -0.00206 e. The van der Waals surface area contributed by atoms with E-state index in [1.54, 1.807) is 0 Å².